The lowest BCUT2D eigenvalue weighted by atomic mass is 10.1. The van der Waals surface area contributed by atoms with Gasteiger partial charge in [-0.15, -0.1) is 0 Å². The number of carbonyl (C=O) groups excluding carboxylic acids is 3. The molecule has 0 fully saturated rings. The number of nitrogens with one attached hydrogen (secondary N) is 2. The maximum Gasteiger partial charge on any atom is 0.354 e. The Morgan fingerprint density at radius 1 is 1.09 bits per heavy atom. The van der Waals surface area contributed by atoms with Crippen LogP contribution < -0.4 is 15.6 Å². The summed E-state index contributed by atoms with van der Waals surface area (Å²) in [6, 6.07) is 14.2. The quantitative estimate of drug-likeness (QED) is 0.458. The molecule has 3 rings (SSSR count). The fraction of sp³-hybridized carbons (Fsp3) is 0.304. The minimum Gasteiger partial charge on any atom is -0.461 e. The SMILES string of the molecule is CCOC(=O)C1=NN(c2ccccc2)C(C(=O)NCCNC(=O)Cc2cccc(F)c2)C1. The zero-order chi connectivity index (χ0) is 22.9. The third kappa shape index (κ3) is 6.13. The summed E-state index contributed by atoms with van der Waals surface area (Å²) in [5, 5.41) is 11.3. The smallest absolute Gasteiger partial charge is 0.354 e. The van der Waals surface area contributed by atoms with E-state index in [4.69, 9.17) is 4.74 Å². The number of hydrogen-bond donors (Lipinski definition) is 2. The molecule has 0 saturated heterocycles. The van der Waals surface area contributed by atoms with Crippen molar-refractivity contribution in [2.24, 2.45) is 5.10 Å². The van der Waals surface area contributed by atoms with Gasteiger partial charge in [0.25, 0.3) is 0 Å². The predicted molar refractivity (Wildman–Crippen MR) is 118 cm³/mol. The lowest BCUT2D eigenvalue weighted by molar-refractivity contribution is -0.135. The van der Waals surface area contributed by atoms with Gasteiger partial charge >= 0.3 is 5.97 Å². The molecule has 2 aromatic rings. The molecule has 1 aliphatic rings. The molecule has 0 spiro atoms. The molecule has 1 aliphatic heterocycles. The fourth-order valence-corrected chi connectivity index (χ4v) is 3.27. The first-order chi connectivity index (χ1) is 15.5. The molecule has 0 bridgehead atoms. The highest BCUT2D eigenvalue weighted by molar-refractivity contribution is 6.38. The molecule has 1 unspecified atom stereocenters. The normalized spacial score (nSPS) is 15.1. The Labute approximate surface area is 185 Å². The number of anilines is 1. The van der Waals surface area contributed by atoms with E-state index >= 15 is 0 Å². The van der Waals surface area contributed by atoms with Gasteiger partial charge < -0.3 is 15.4 Å². The van der Waals surface area contributed by atoms with E-state index in [1.54, 1.807) is 31.2 Å². The van der Waals surface area contributed by atoms with Gasteiger partial charge in [0, 0.05) is 19.5 Å². The number of carbonyl (C=O) groups is 3. The summed E-state index contributed by atoms with van der Waals surface area (Å²) in [5.74, 6) is -1.54. The Balaban J connectivity index is 1.52. The topological polar surface area (TPSA) is 100 Å². The highest BCUT2D eigenvalue weighted by Gasteiger charge is 2.36. The number of halogens is 1. The number of para-hydroxylation sites is 1. The first kappa shape index (κ1) is 22.9. The van der Waals surface area contributed by atoms with Crippen molar-refractivity contribution in [1.82, 2.24) is 10.6 Å². The molecule has 168 valence electrons. The summed E-state index contributed by atoms with van der Waals surface area (Å²) in [6.07, 6.45) is 0.165. The highest BCUT2D eigenvalue weighted by Crippen LogP contribution is 2.25. The number of hydrogen-bond acceptors (Lipinski definition) is 6. The standard InChI is InChI=1S/C23H25FN4O4/c1-2-32-23(31)19-15-20(28(27-19)18-9-4-3-5-10-18)22(30)26-12-11-25-21(29)14-16-7-6-8-17(24)13-16/h3-10,13,20H,2,11-12,14-15H2,1H3,(H,25,29)(H,26,30). The molecule has 2 N–H and O–H groups in total. The Bertz CT molecular complexity index is 997. The van der Waals surface area contributed by atoms with E-state index in [1.165, 1.54) is 17.1 Å². The van der Waals surface area contributed by atoms with Crippen LogP contribution in [-0.2, 0) is 25.5 Å². The Kier molecular flexibility index (Phi) is 7.91. The summed E-state index contributed by atoms with van der Waals surface area (Å²) in [4.78, 5) is 36.9. The molecule has 0 saturated carbocycles. The Morgan fingerprint density at radius 3 is 2.56 bits per heavy atom. The zero-order valence-corrected chi connectivity index (χ0v) is 17.7. The van der Waals surface area contributed by atoms with Crippen molar-refractivity contribution in [2.45, 2.75) is 25.8 Å². The average molecular weight is 440 g/mol. The van der Waals surface area contributed by atoms with Gasteiger partial charge in [0.1, 0.15) is 17.6 Å². The molecule has 2 aromatic carbocycles. The molecular weight excluding hydrogens is 415 g/mol. The Hall–Kier alpha value is -3.75. The van der Waals surface area contributed by atoms with Crippen LogP contribution in [-0.4, -0.2) is 49.2 Å². The van der Waals surface area contributed by atoms with Crippen molar-refractivity contribution >= 4 is 29.2 Å². The van der Waals surface area contributed by atoms with E-state index in [0.717, 1.165) is 0 Å². The highest BCUT2D eigenvalue weighted by atomic mass is 19.1. The van der Waals surface area contributed by atoms with Gasteiger partial charge in [0.05, 0.1) is 18.7 Å². The minimum absolute atomic E-state index is 0.0485. The molecule has 8 nitrogen and oxygen atoms in total. The largest absolute Gasteiger partial charge is 0.461 e. The molecule has 1 atom stereocenters. The molecule has 0 aliphatic carbocycles. The first-order valence-corrected chi connectivity index (χ1v) is 10.4. The number of ether oxygens (including phenoxy) is 1. The van der Waals surface area contributed by atoms with Crippen LogP contribution in [0.15, 0.2) is 59.7 Å². The zero-order valence-electron chi connectivity index (χ0n) is 17.7. The Morgan fingerprint density at radius 2 is 1.84 bits per heavy atom. The van der Waals surface area contributed by atoms with E-state index in [2.05, 4.69) is 15.7 Å². The monoisotopic (exact) mass is 440 g/mol. The number of nitrogens with zero attached hydrogens (tertiary/aromatic N) is 2. The van der Waals surface area contributed by atoms with Crippen LogP contribution in [0.25, 0.3) is 0 Å². The second-order valence-electron chi connectivity index (χ2n) is 7.11. The van der Waals surface area contributed by atoms with Crippen molar-refractivity contribution in [3.8, 4) is 0 Å². The second kappa shape index (κ2) is 11.0. The molecule has 9 heteroatoms. The van der Waals surface area contributed by atoms with Gasteiger partial charge in [-0.1, -0.05) is 30.3 Å². The van der Waals surface area contributed by atoms with Gasteiger partial charge in [-0.3, -0.25) is 14.6 Å². The lowest BCUT2D eigenvalue weighted by Crippen LogP contribution is -2.45. The van der Waals surface area contributed by atoms with E-state index in [1.807, 2.05) is 18.2 Å². The van der Waals surface area contributed by atoms with Gasteiger partial charge in [-0.05, 0) is 36.8 Å². The molecule has 32 heavy (non-hydrogen) atoms. The van der Waals surface area contributed by atoms with E-state index in [0.29, 0.717) is 11.3 Å². The molecule has 0 aromatic heterocycles. The van der Waals surface area contributed by atoms with Crippen LogP contribution in [0.2, 0.25) is 0 Å². The van der Waals surface area contributed by atoms with Gasteiger partial charge in [-0.25, -0.2) is 9.18 Å². The van der Waals surface area contributed by atoms with Gasteiger partial charge in [0.2, 0.25) is 11.8 Å². The van der Waals surface area contributed by atoms with Crippen LogP contribution in [0.5, 0.6) is 0 Å². The van der Waals surface area contributed by atoms with Crippen LogP contribution in [0.1, 0.15) is 18.9 Å². The summed E-state index contributed by atoms with van der Waals surface area (Å²) in [5.41, 5.74) is 1.43. The van der Waals surface area contributed by atoms with Crippen LogP contribution in [0.4, 0.5) is 10.1 Å². The summed E-state index contributed by atoms with van der Waals surface area (Å²) in [7, 11) is 0. The molecular formula is C23H25FN4O4. The molecule has 2 amide bonds. The maximum atomic E-state index is 13.2. The lowest BCUT2D eigenvalue weighted by Gasteiger charge is -2.22. The maximum absolute atomic E-state index is 13.2. The average Bonchev–Trinajstić information content (AvgIpc) is 3.23. The molecule has 0 radical (unpaired) electrons. The van der Waals surface area contributed by atoms with Crippen molar-refractivity contribution in [2.75, 3.05) is 24.7 Å². The summed E-state index contributed by atoms with van der Waals surface area (Å²) >= 11 is 0. The van der Waals surface area contributed by atoms with Crippen LogP contribution >= 0.6 is 0 Å². The number of hydrazone groups is 1. The van der Waals surface area contributed by atoms with Crippen LogP contribution in [0.3, 0.4) is 0 Å². The van der Waals surface area contributed by atoms with Crippen molar-refractivity contribution in [1.29, 1.82) is 0 Å². The number of esters is 1. The fourth-order valence-electron chi connectivity index (χ4n) is 3.27. The first-order valence-electron chi connectivity index (χ1n) is 10.4. The van der Waals surface area contributed by atoms with E-state index in [9.17, 15) is 18.8 Å². The van der Waals surface area contributed by atoms with Crippen molar-refractivity contribution in [3.63, 3.8) is 0 Å². The number of amides is 2. The third-order valence-corrected chi connectivity index (χ3v) is 4.74. The van der Waals surface area contributed by atoms with Crippen molar-refractivity contribution < 1.29 is 23.5 Å². The number of benzene rings is 2. The van der Waals surface area contributed by atoms with Gasteiger partial charge in [0.15, 0.2) is 0 Å². The van der Waals surface area contributed by atoms with E-state index in [-0.39, 0.29) is 50.1 Å². The second-order valence-corrected chi connectivity index (χ2v) is 7.11. The summed E-state index contributed by atoms with van der Waals surface area (Å²) < 4.78 is 18.2. The number of rotatable bonds is 9. The van der Waals surface area contributed by atoms with Gasteiger partial charge in [-0.2, -0.15) is 5.10 Å². The predicted octanol–water partition coefficient (Wildman–Crippen LogP) is 1.80. The van der Waals surface area contributed by atoms with Crippen LogP contribution in [0, 0.1) is 5.82 Å². The third-order valence-electron chi connectivity index (χ3n) is 4.74. The summed E-state index contributed by atoms with van der Waals surface area (Å²) in [6.45, 7) is 2.33. The minimum atomic E-state index is -0.709. The van der Waals surface area contributed by atoms with E-state index < -0.39 is 17.8 Å². The van der Waals surface area contributed by atoms with Crippen molar-refractivity contribution in [3.05, 3.63) is 66.0 Å². The molecule has 1 heterocycles.